The average molecular weight is 365 g/mol. The van der Waals surface area contributed by atoms with E-state index in [9.17, 15) is 13.0 Å². The van der Waals surface area contributed by atoms with Gasteiger partial charge in [0.05, 0.1) is 0 Å². The van der Waals surface area contributed by atoms with Crippen LogP contribution in [0.4, 0.5) is 0 Å². The molecule has 1 aromatic carbocycles. The van der Waals surface area contributed by atoms with E-state index in [1.54, 1.807) is 0 Å². The van der Waals surface area contributed by atoms with Gasteiger partial charge in [-0.15, -0.1) is 0 Å². The smallest absolute Gasteiger partial charge is 1.00 e. The van der Waals surface area contributed by atoms with Crippen LogP contribution in [0.15, 0.2) is 29.2 Å². The molecule has 0 aliphatic heterocycles. The van der Waals surface area contributed by atoms with E-state index in [1.807, 2.05) is 0 Å². The Kier molecular flexibility index (Phi) is 7.26. The van der Waals surface area contributed by atoms with Gasteiger partial charge in [-0.3, -0.25) is 0 Å². The van der Waals surface area contributed by atoms with Crippen molar-refractivity contribution in [3.05, 3.63) is 27.8 Å². The Bertz CT molecular complexity index is 448. The molecular formula is C8H9INNaO4S. The quantitative estimate of drug-likeness (QED) is 0.208. The summed E-state index contributed by atoms with van der Waals surface area (Å²) in [4.78, 5) is -0.287. The van der Waals surface area contributed by atoms with Gasteiger partial charge in [-0.1, -0.05) is 0 Å². The zero-order chi connectivity index (χ0) is 11.5. The minimum atomic E-state index is -4.41. The van der Waals surface area contributed by atoms with E-state index in [0.717, 1.165) is 3.57 Å². The summed E-state index contributed by atoms with van der Waals surface area (Å²) < 4.78 is 33.7. The van der Waals surface area contributed by atoms with Crippen molar-refractivity contribution in [3.63, 3.8) is 0 Å². The topological polar surface area (TPSA) is 101 Å². The molecule has 0 aromatic heterocycles. The molecule has 0 spiro atoms. The normalized spacial score (nSPS) is 11.5. The first-order valence-electron chi connectivity index (χ1n) is 3.80. The molecule has 0 saturated heterocycles. The summed E-state index contributed by atoms with van der Waals surface area (Å²) in [5, 5.41) is 16.0. The number of benzene rings is 1. The predicted molar refractivity (Wildman–Crippen MR) is 63.0 cm³/mol. The molecular weight excluding hydrogens is 356 g/mol. The van der Waals surface area contributed by atoms with Gasteiger partial charge in [0.1, 0.15) is 0 Å². The van der Waals surface area contributed by atoms with Crippen LogP contribution in [0, 0.1) is 8.98 Å². The van der Waals surface area contributed by atoms with Crippen LogP contribution in [0.2, 0.25) is 0 Å². The molecule has 1 rings (SSSR count). The van der Waals surface area contributed by atoms with Crippen molar-refractivity contribution >= 4 is 34.2 Å². The van der Waals surface area contributed by atoms with Gasteiger partial charge >= 0.3 is 125 Å². The first-order chi connectivity index (χ1) is 6.99. The fourth-order valence-electron chi connectivity index (χ4n) is 0.930. The summed E-state index contributed by atoms with van der Waals surface area (Å²) in [5.41, 5.74) is 0. The van der Waals surface area contributed by atoms with Crippen molar-refractivity contribution in [1.29, 1.82) is 5.41 Å². The second-order valence-corrected chi connectivity index (χ2v) is 8.73. The van der Waals surface area contributed by atoms with Crippen LogP contribution in [0.1, 0.15) is 0 Å². The zero-order valence-electron chi connectivity index (χ0n) is 8.55. The van der Waals surface area contributed by atoms with Gasteiger partial charge < -0.3 is 0 Å². The number of alkyl halides is 1. The number of aliphatic hydroxyl groups is 1. The van der Waals surface area contributed by atoms with E-state index in [-0.39, 0.29) is 39.1 Å². The number of hydrogen-bond donors (Lipinski definition) is 2. The maximum atomic E-state index is 10.6. The fraction of sp³-hybridized carbons (Fsp3) is 0.125. The zero-order valence-corrected chi connectivity index (χ0v) is 13.5. The number of rotatable bonds is 4. The summed E-state index contributed by atoms with van der Waals surface area (Å²) in [6, 6.07) is 5.39. The van der Waals surface area contributed by atoms with Gasteiger partial charge in [-0.25, -0.2) is 0 Å². The molecule has 5 nitrogen and oxygen atoms in total. The Hall–Kier alpha value is 0.490. The SMILES string of the molecule is N=CI(CO)c1ccc(S(=O)(=O)[O-])cc1.[Na+]. The van der Waals surface area contributed by atoms with E-state index in [4.69, 9.17) is 10.5 Å². The molecule has 2 N–H and O–H groups in total. The maximum Gasteiger partial charge on any atom is 1.00 e. The van der Waals surface area contributed by atoms with E-state index in [0.29, 0.717) is 0 Å². The van der Waals surface area contributed by atoms with E-state index in [2.05, 4.69) is 0 Å². The van der Waals surface area contributed by atoms with Gasteiger partial charge in [-0.05, 0) is 0 Å². The maximum absolute atomic E-state index is 10.6. The molecule has 0 aliphatic rings. The van der Waals surface area contributed by atoms with E-state index >= 15 is 0 Å². The third-order valence-electron chi connectivity index (χ3n) is 1.64. The molecule has 0 saturated carbocycles. The van der Waals surface area contributed by atoms with Crippen molar-refractivity contribution in [1.82, 2.24) is 0 Å². The third-order valence-corrected chi connectivity index (χ3v) is 6.30. The minimum absolute atomic E-state index is 0. The Morgan fingerprint density at radius 1 is 1.38 bits per heavy atom. The Morgan fingerprint density at radius 3 is 2.19 bits per heavy atom. The van der Waals surface area contributed by atoms with Gasteiger partial charge in [0.25, 0.3) is 0 Å². The summed E-state index contributed by atoms with van der Waals surface area (Å²) in [7, 11) is -4.41. The molecule has 0 bridgehead atoms. The number of nitrogens with one attached hydrogen (secondary N) is 1. The van der Waals surface area contributed by atoms with Crippen molar-refractivity contribution in [2.45, 2.75) is 4.90 Å². The largest absolute Gasteiger partial charge is 1.00 e. The van der Waals surface area contributed by atoms with Crippen molar-refractivity contribution in [2.24, 2.45) is 0 Å². The van der Waals surface area contributed by atoms with Crippen LogP contribution < -0.4 is 29.6 Å². The summed E-state index contributed by atoms with van der Waals surface area (Å²) >= 11 is -2.00. The molecule has 84 valence electrons. The Labute approximate surface area is 123 Å². The average Bonchev–Trinajstić information content (AvgIpc) is 2.19. The number of aliphatic hydroxyl groups excluding tert-OH is 1. The second kappa shape index (κ2) is 7.04. The van der Waals surface area contributed by atoms with Crippen LogP contribution in [-0.4, -0.2) is 26.9 Å². The van der Waals surface area contributed by atoms with E-state index < -0.39 is 29.9 Å². The summed E-state index contributed by atoms with van der Waals surface area (Å²) in [6.45, 7) is 0. The first kappa shape index (κ1) is 16.5. The van der Waals surface area contributed by atoms with Crippen LogP contribution >= 0.6 is 19.8 Å². The van der Waals surface area contributed by atoms with Gasteiger partial charge in [-0.2, -0.15) is 0 Å². The predicted octanol–water partition coefficient (Wildman–Crippen LogP) is -2.17. The van der Waals surface area contributed by atoms with Gasteiger partial charge in [0.2, 0.25) is 0 Å². The van der Waals surface area contributed by atoms with Crippen molar-refractivity contribution in [3.8, 4) is 0 Å². The second-order valence-electron chi connectivity index (χ2n) is 2.53. The standard InChI is InChI=1S/C8H10INO4S.Na/c10-5-9(6-11)7-1-3-8(4-2-7)15(12,13)14;/h1-5,10-11H,6H2,(H,12,13,14);/q;+1/p-1. The molecule has 8 heteroatoms. The minimum Gasteiger partial charge on any atom is 1.00 e. The Morgan fingerprint density at radius 2 is 1.88 bits per heavy atom. The molecule has 0 unspecified atom stereocenters. The molecule has 0 radical (unpaired) electrons. The van der Waals surface area contributed by atoms with Crippen molar-refractivity contribution < 1.29 is 47.6 Å². The monoisotopic (exact) mass is 365 g/mol. The molecule has 0 fully saturated rings. The molecule has 0 aliphatic carbocycles. The van der Waals surface area contributed by atoms with Crippen LogP contribution in [-0.2, 0) is 10.1 Å². The molecule has 1 aromatic rings. The van der Waals surface area contributed by atoms with Crippen LogP contribution in [0.5, 0.6) is 0 Å². The third kappa shape index (κ3) is 4.40. The Balaban J connectivity index is 0.00000225. The molecule has 0 atom stereocenters. The number of hydrogen-bond acceptors (Lipinski definition) is 5. The van der Waals surface area contributed by atoms with E-state index in [1.165, 1.54) is 28.5 Å². The molecule has 0 heterocycles. The van der Waals surface area contributed by atoms with Crippen molar-refractivity contribution in [2.75, 3.05) is 4.61 Å². The number of halogens is 1. The van der Waals surface area contributed by atoms with Gasteiger partial charge in [0.15, 0.2) is 0 Å². The molecule has 0 amide bonds. The fourth-order valence-corrected chi connectivity index (χ4v) is 3.63. The summed E-state index contributed by atoms with van der Waals surface area (Å²) in [6.07, 6.45) is 0. The molecule has 16 heavy (non-hydrogen) atoms. The van der Waals surface area contributed by atoms with Crippen LogP contribution in [0.25, 0.3) is 0 Å². The first-order valence-corrected chi connectivity index (χ1v) is 9.06. The summed E-state index contributed by atoms with van der Waals surface area (Å²) in [5.74, 6) is 0. The van der Waals surface area contributed by atoms with Crippen LogP contribution in [0.3, 0.4) is 0 Å². The van der Waals surface area contributed by atoms with Gasteiger partial charge in [0, 0.05) is 0 Å².